The maximum Gasteiger partial charge on any atom is 0.173 e. The van der Waals surface area contributed by atoms with Crippen molar-refractivity contribution in [2.45, 2.75) is 34.2 Å². The summed E-state index contributed by atoms with van der Waals surface area (Å²) in [6.45, 7) is 13.4. The van der Waals surface area contributed by atoms with Gasteiger partial charge in [0.2, 0.25) is 0 Å². The third-order valence-corrected chi connectivity index (χ3v) is 5.70. The van der Waals surface area contributed by atoms with Crippen molar-refractivity contribution in [1.82, 2.24) is 19.6 Å². The molecule has 2 aromatic rings. The van der Waals surface area contributed by atoms with Crippen molar-refractivity contribution >= 4 is 23.0 Å². The molecule has 1 saturated heterocycles. The van der Waals surface area contributed by atoms with Gasteiger partial charge in [-0.3, -0.25) is 9.58 Å². The third-order valence-electron chi connectivity index (χ3n) is 5.33. The Morgan fingerprint density at radius 2 is 1.81 bits per heavy atom. The Labute approximate surface area is 162 Å². The Hall–Kier alpha value is -1.92. The molecule has 0 radical (unpaired) electrons. The minimum atomic E-state index is 0.826. The molecule has 1 N–H and O–H groups in total. The van der Waals surface area contributed by atoms with E-state index >= 15 is 0 Å². The van der Waals surface area contributed by atoms with Crippen LogP contribution in [0.5, 0.6) is 0 Å². The van der Waals surface area contributed by atoms with Crippen LogP contribution in [-0.2, 0) is 13.6 Å². The Balaban J connectivity index is 1.56. The minimum Gasteiger partial charge on any atom is -0.346 e. The summed E-state index contributed by atoms with van der Waals surface area (Å²) >= 11 is 5.66. The molecule has 1 aromatic heterocycles. The number of hydrogen-bond donors (Lipinski definition) is 1. The van der Waals surface area contributed by atoms with Gasteiger partial charge in [0.05, 0.1) is 5.69 Å². The Morgan fingerprint density at radius 1 is 1.12 bits per heavy atom. The normalized spacial score (nSPS) is 15.3. The Kier molecular flexibility index (Phi) is 5.63. The van der Waals surface area contributed by atoms with Crippen molar-refractivity contribution in [2.24, 2.45) is 7.05 Å². The first-order valence-corrected chi connectivity index (χ1v) is 9.60. The van der Waals surface area contributed by atoms with E-state index in [-0.39, 0.29) is 0 Å². The molecule has 1 aromatic carbocycles. The number of aromatic nitrogens is 2. The van der Waals surface area contributed by atoms with Crippen molar-refractivity contribution in [3.63, 3.8) is 0 Å². The molecule has 3 rings (SSSR count). The smallest absolute Gasteiger partial charge is 0.173 e. The first-order chi connectivity index (χ1) is 12.3. The van der Waals surface area contributed by atoms with Crippen LogP contribution in [-0.4, -0.2) is 50.9 Å². The number of nitrogens with zero attached hydrogens (tertiary/aromatic N) is 4. The molecule has 0 aliphatic carbocycles. The molecule has 0 spiro atoms. The molecule has 0 unspecified atom stereocenters. The summed E-state index contributed by atoms with van der Waals surface area (Å²) in [7, 11) is 2.02. The summed E-state index contributed by atoms with van der Waals surface area (Å²) in [5, 5.41) is 8.79. The zero-order chi connectivity index (χ0) is 18.8. The van der Waals surface area contributed by atoms with Gasteiger partial charge in [-0.15, -0.1) is 0 Å². The van der Waals surface area contributed by atoms with Crippen LogP contribution in [0.4, 0.5) is 5.69 Å². The maximum absolute atomic E-state index is 5.66. The Morgan fingerprint density at radius 3 is 2.42 bits per heavy atom. The summed E-state index contributed by atoms with van der Waals surface area (Å²) in [4.78, 5) is 4.77. The van der Waals surface area contributed by atoms with Gasteiger partial charge in [-0.1, -0.05) is 12.1 Å². The lowest BCUT2D eigenvalue weighted by molar-refractivity contribution is 0.176. The second-order valence-corrected chi connectivity index (χ2v) is 7.67. The van der Waals surface area contributed by atoms with E-state index in [1.54, 1.807) is 0 Å². The van der Waals surface area contributed by atoms with E-state index in [1.165, 1.54) is 22.4 Å². The van der Waals surface area contributed by atoms with Crippen molar-refractivity contribution < 1.29 is 0 Å². The molecule has 0 amide bonds. The molecule has 140 valence electrons. The molecule has 1 aliphatic heterocycles. The van der Waals surface area contributed by atoms with Crippen LogP contribution < -0.4 is 5.32 Å². The highest BCUT2D eigenvalue weighted by molar-refractivity contribution is 7.80. The molecule has 0 bridgehead atoms. The van der Waals surface area contributed by atoms with E-state index in [9.17, 15) is 0 Å². The van der Waals surface area contributed by atoms with Gasteiger partial charge in [0.25, 0.3) is 0 Å². The number of thiocarbonyl (C=S) groups is 1. The van der Waals surface area contributed by atoms with Gasteiger partial charge in [0.1, 0.15) is 0 Å². The van der Waals surface area contributed by atoms with Gasteiger partial charge in [0, 0.05) is 56.7 Å². The molecule has 5 nitrogen and oxygen atoms in total. The number of aryl methyl sites for hydroxylation is 4. The fourth-order valence-corrected chi connectivity index (χ4v) is 3.74. The predicted octanol–water partition coefficient (Wildman–Crippen LogP) is 3.17. The lowest BCUT2D eigenvalue weighted by atomic mass is 10.1. The van der Waals surface area contributed by atoms with Crippen molar-refractivity contribution in [1.29, 1.82) is 0 Å². The lowest BCUT2D eigenvalue weighted by Gasteiger charge is -2.36. The van der Waals surface area contributed by atoms with Crippen molar-refractivity contribution in [2.75, 3.05) is 31.5 Å². The highest BCUT2D eigenvalue weighted by atomic mass is 32.1. The van der Waals surface area contributed by atoms with E-state index in [2.05, 4.69) is 66.1 Å². The molecule has 26 heavy (non-hydrogen) atoms. The van der Waals surface area contributed by atoms with Crippen LogP contribution in [0.25, 0.3) is 0 Å². The standard InChI is InChI=1S/C20H29N5S/c1-14-6-7-15(2)19(12-14)21-20(26)25-10-8-24(9-11-25)13-18-16(3)22-23(5)17(18)4/h6-7,12H,8-11,13H2,1-5H3,(H,21,26). The molecule has 6 heteroatoms. The summed E-state index contributed by atoms with van der Waals surface area (Å²) in [5.41, 5.74) is 7.33. The molecule has 1 fully saturated rings. The molecule has 2 heterocycles. The fraction of sp³-hybridized carbons (Fsp3) is 0.500. The first kappa shape index (κ1) is 18.9. The topological polar surface area (TPSA) is 36.3 Å². The molecular formula is C20H29N5S. The third kappa shape index (κ3) is 4.07. The van der Waals surface area contributed by atoms with Crippen LogP contribution in [0.1, 0.15) is 28.1 Å². The van der Waals surface area contributed by atoms with Gasteiger partial charge >= 0.3 is 0 Å². The summed E-state index contributed by atoms with van der Waals surface area (Å²) in [6.07, 6.45) is 0. The van der Waals surface area contributed by atoms with E-state index in [0.717, 1.165) is 49.2 Å². The highest BCUT2D eigenvalue weighted by Gasteiger charge is 2.21. The van der Waals surface area contributed by atoms with Crippen molar-refractivity contribution in [3.05, 3.63) is 46.3 Å². The zero-order valence-corrected chi connectivity index (χ0v) is 17.3. The first-order valence-electron chi connectivity index (χ1n) is 9.19. The van der Waals surface area contributed by atoms with Crippen molar-refractivity contribution in [3.8, 4) is 0 Å². The quantitative estimate of drug-likeness (QED) is 0.839. The number of benzene rings is 1. The average Bonchev–Trinajstić information content (AvgIpc) is 2.85. The predicted molar refractivity (Wildman–Crippen MR) is 112 cm³/mol. The van der Waals surface area contributed by atoms with Crippen LogP contribution in [0.2, 0.25) is 0 Å². The number of nitrogens with one attached hydrogen (secondary N) is 1. The van der Waals surface area contributed by atoms with Crippen LogP contribution in [0, 0.1) is 27.7 Å². The van der Waals surface area contributed by atoms with Gasteiger partial charge in [-0.2, -0.15) is 5.10 Å². The van der Waals surface area contributed by atoms with Crippen LogP contribution in [0.15, 0.2) is 18.2 Å². The second kappa shape index (κ2) is 7.76. The van der Waals surface area contributed by atoms with E-state index < -0.39 is 0 Å². The summed E-state index contributed by atoms with van der Waals surface area (Å²) in [6, 6.07) is 6.42. The van der Waals surface area contributed by atoms with Crippen LogP contribution in [0.3, 0.4) is 0 Å². The lowest BCUT2D eigenvalue weighted by Crippen LogP contribution is -2.49. The number of hydrogen-bond acceptors (Lipinski definition) is 3. The second-order valence-electron chi connectivity index (χ2n) is 7.28. The fourth-order valence-electron chi connectivity index (χ4n) is 3.44. The van der Waals surface area contributed by atoms with Gasteiger partial charge < -0.3 is 10.2 Å². The van der Waals surface area contributed by atoms with E-state index in [4.69, 9.17) is 12.2 Å². The van der Waals surface area contributed by atoms with Gasteiger partial charge in [-0.05, 0) is 57.1 Å². The minimum absolute atomic E-state index is 0.826. The Bertz CT molecular complexity index is 803. The molecule has 1 aliphatic rings. The van der Waals surface area contributed by atoms with E-state index in [0.29, 0.717) is 0 Å². The molecule has 0 saturated carbocycles. The number of anilines is 1. The maximum atomic E-state index is 5.66. The average molecular weight is 372 g/mol. The molecule has 0 atom stereocenters. The molecular weight excluding hydrogens is 342 g/mol. The number of piperazine rings is 1. The van der Waals surface area contributed by atoms with Gasteiger partial charge in [0.15, 0.2) is 5.11 Å². The highest BCUT2D eigenvalue weighted by Crippen LogP contribution is 2.19. The van der Waals surface area contributed by atoms with E-state index in [1.807, 2.05) is 11.7 Å². The number of rotatable bonds is 3. The monoisotopic (exact) mass is 371 g/mol. The largest absolute Gasteiger partial charge is 0.346 e. The van der Waals surface area contributed by atoms with Crippen LogP contribution >= 0.6 is 12.2 Å². The summed E-state index contributed by atoms with van der Waals surface area (Å²) < 4.78 is 1.98. The van der Waals surface area contributed by atoms with Gasteiger partial charge in [-0.25, -0.2) is 0 Å². The SMILES string of the molecule is Cc1ccc(C)c(NC(=S)N2CCN(Cc3c(C)nn(C)c3C)CC2)c1. The summed E-state index contributed by atoms with van der Waals surface area (Å²) in [5.74, 6) is 0. The zero-order valence-electron chi connectivity index (χ0n) is 16.5.